The lowest BCUT2D eigenvalue weighted by Crippen LogP contribution is -2.38. The van der Waals surface area contributed by atoms with E-state index in [0.717, 1.165) is 25.2 Å². The van der Waals surface area contributed by atoms with Crippen LogP contribution in [0.2, 0.25) is 0 Å². The second kappa shape index (κ2) is 11.4. The van der Waals surface area contributed by atoms with E-state index in [1.165, 1.54) is 0 Å². The number of carbonyl (C=O) groups excluding carboxylic acids is 1. The van der Waals surface area contributed by atoms with E-state index in [-0.39, 0.29) is 23.6 Å². The van der Waals surface area contributed by atoms with Crippen LogP contribution in [0.5, 0.6) is 5.75 Å². The van der Waals surface area contributed by atoms with Gasteiger partial charge < -0.3 is 14.0 Å². The zero-order valence-electron chi connectivity index (χ0n) is 19.1. The fraction of sp³-hybridized carbons (Fsp3) is 0.682. The maximum absolute atomic E-state index is 12.8. The third-order valence-corrected chi connectivity index (χ3v) is 6.26. The maximum atomic E-state index is 12.8. The summed E-state index contributed by atoms with van der Waals surface area (Å²) in [7, 11) is -3.67. The van der Waals surface area contributed by atoms with E-state index in [9.17, 15) is 13.2 Å². The summed E-state index contributed by atoms with van der Waals surface area (Å²) in [5, 5.41) is 0. The average Bonchev–Trinajstić information content (AvgIpc) is 2.66. The van der Waals surface area contributed by atoms with Crippen molar-refractivity contribution in [2.45, 2.75) is 73.9 Å². The SMILES string of the molecule is CCC(C)N(Cc1ccc(N(CC)CC)cc1OS(=O)(=O)CC)C(=O)CC(C)C. The van der Waals surface area contributed by atoms with Crippen LogP contribution in [0.1, 0.15) is 66.9 Å². The van der Waals surface area contributed by atoms with Gasteiger partial charge in [0.1, 0.15) is 5.75 Å². The highest BCUT2D eigenvalue weighted by Gasteiger charge is 2.23. The highest BCUT2D eigenvalue weighted by molar-refractivity contribution is 7.87. The van der Waals surface area contributed by atoms with Crippen LogP contribution in [-0.4, -0.2) is 44.1 Å². The normalized spacial score (nSPS) is 12.7. The predicted octanol–water partition coefficient (Wildman–Crippen LogP) is 4.43. The molecular weight excluding hydrogens is 388 g/mol. The predicted molar refractivity (Wildman–Crippen MR) is 120 cm³/mol. The van der Waals surface area contributed by atoms with Gasteiger partial charge in [-0.1, -0.05) is 26.8 Å². The summed E-state index contributed by atoms with van der Waals surface area (Å²) in [5.41, 5.74) is 1.61. The molecule has 7 heteroatoms. The highest BCUT2D eigenvalue weighted by atomic mass is 32.2. The second-order valence-electron chi connectivity index (χ2n) is 7.77. The van der Waals surface area contributed by atoms with Gasteiger partial charge in [-0.05, 0) is 46.1 Å². The Bertz CT molecular complexity index is 758. The number of nitrogens with zero attached hydrogens (tertiary/aromatic N) is 2. The minimum atomic E-state index is -3.67. The van der Waals surface area contributed by atoms with Crippen molar-refractivity contribution >= 4 is 21.7 Å². The molecule has 0 aliphatic carbocycles. The third kappa shape index (κ3) is 7.53. The van der Waals surface area contributed by atoms with Crippen LogP contribution < -0.4 is 9.08 Å². The van der Waals surface area contributed by atoms with E-state index in [4.69, 9.17) is 4.18 Å². The first kappa shape index (κ1) is 25.3. The minimum absolute atomic E-state index is 0.0549. The van der Waals surface area contributed by atoms with Crippen LogP contribution in [0.3, 0.4) is 0 Å². The number of amides is 1. The summed E-state index contributed by atoms with van der Waals surface area (Å²) in [6.45, 7) is 15.7. The fourth-order valence-corrected chi connectivity index (χ4v) is 3.64. The summed E-state index contributed by atoms with van der Waals surface area (Å²) in [4.78, 5) is 16.8. The molecule has 1 aromatic rings. The van der Waals surface area contributed by atoms with E-state index in [2.05, 4.69) is 18.7 Å². The number of carbonyl (C=O) groups is 1. The lowest BCUT2D eigenvalue weighted by atomic mass is 10.1. The molecule has 1 unspecified atom stereocenters. The van der Waals surface area contributed by atoms with Crippen molar-refractivity contribution in [2.24, 2.45) is 5.92 Å². The number of anilines is 1. The van der Waals surface area contributed by atoms with Gasteiger partial charge in [-0.25, -0.2) is 0 Å². The standard InChI is InChI=1S/C22H38N2O4S/c1-8-18(7)24(22(25)14-17(5)6)16-19-12-13-20(23(9-2)10-3)15-21(19)28-29(26,27)11-4/h12-13,15,17-18H,8-11,14,16H2,1-7H3. The van der Waals surface area contributed by atoms with Crippen molar-refractivity contribution in [1.29, 1.82) is 0 Å². The molecule has 0 N–H and O–H groups in total. The number of benzene rings is 1. The van der Waals surface area contributed by atoms with Crippen molar-refractivity contribution in [2.75, 3.05) is 23.7 Å². The van der Waals surface area contributed by atoms with Gasteiger partial charge in [-0.2, -0.15) is 8.42 Å². The Balaban J connectivity index is 3.36. The van der Waals surface area contributed by atoms with Crippen molar-refractivity contribution in [3.8, 4) is 5.75 Å². The quantitative estimate of drug-likeness (QED) is 0.462. The first-order valence-corrected chi connectivity index (χ1v) is 12.3. The Morgan fingerprint density at radius 2 is 1.69 bits per heavy atom. The zero-order chi connectivity index (χ0) is 22.2. The van der Waals surface area contributed by atoms with Gasteiger partial charge in [-0.15, -0.1) is 0 Å². The van der Waals surface area contributed by atoms with Crippen LogP contribution in [0.25, 0.3) is 0 Å². The maximum Gasteiger partial charge on any atom is 0.308 e. The lowest BCUT2D eigenvalue weighted by Gasteiger charge is -2.30. The molecule has 6 nitrogen and oxygen atoms in total. The molecule has 0 aliphatic rings. The molecule has 0 spiro atoms. The molecule has 0 saturated heterocycles. The Morgan fingerprint density at radius 3 is 2.17 bits per heavy atom. The second-order valence-corrected chi connectivity index (χ2v) is 9.63. The monoisotopic (exact) mass is 426 g/mol. The van der Waals surface area contributed by atoms with E-state index in [1.54, 1.807) is 13.0 Å². The summed E-state index contributed by atoms with van der Waals surface area (Å²) in [6, 6.07) is 5.68. The molecule has 1 aromatic carbocycles. The van der Waals surface area contributed by atoms with Gasteiger partial charge in [0.2, 0.25) is 5.91 Å². The summed E-state index contributed by atoms with van der Waals surface area (Å²) in [5.74, 6) is 0.534. The first-order chi connectivity index (χ1) is 13.6. The minimum Gasteiger partial charge on any atom is -0.382 e. The van der Waals surface area contributed by atoms with Crippen LogP contribution in [0, 0.1) is 5.92 Å². The molecule has 0 aliphatic heterocycles. The summed E-state index contributed by atoms with van der Waals surface area (Å²) in [6.07, 6.45) is 1.29. The molecule has 1 amide bonds. The smallest absolute Gasteiger partial charge is 0.308 e. The van der Waals surface area contributed by atoms with Crippen LogP contribution >= 0.6 is 0 Å². The molecule has 29 heavy (non-hydrogen) atoms. The molecule has 0 heterocycles. The fourth-order valence-electron chi connectivity index (χ4n) is 3.09. The molecule has 0 saturated carbocycles. The first-order valence-electron chi connectivity index (χ1n) is 10.7. The molecule has 166 valence electrons. The van der Waals surface area contributed by atoms with E-state index >= 15 is 0 Å². The summed E-state index contributed by atoms with van der Waals surface area (Å²) >= 11 is 0. The van der Waals surface area contributed by atoms with Gasteiger partial charge in [0.15, 0.2) is 0 Å². The van der Waals surface area contributed by atoms with Gasteiger partial charge in [0, 0.05) is 49.4 Å². The topological polar surface area (TPSA) is 66.9 Å². The van der Waals surface area contributed by atoms with Crippen molar-refractivity contribution in [1.82, 2.24) is 4.90 Å². The van der Waals surface area contributed by atoms with E-state index < -0.39 is 10.1 Å². The zero-order valence-corrected chi connectivity index (χ0v) is 19.9. The van der Waals surface area contributed by atoms with Crippen LogP contribution in [0.15, 0.2) is 18.2 Å². The van der Waals surface area contributed by atoms with Gasteiger partial charge in [0.25, 0.3) is 0 Å². The lowest BCUT2D eigenvalue weighted by molar-refractivity contribution is -0.134. The molecule has 0 fully saturated rings. The van der Waals surface area contributed by atoms with E-state index in [0.29, 0.717) is 24.3 Å². The molecule has 0 bridgehead atoms. The van der Waals surface area contributed by atoms with Crippen molar-refractivity contribution in [3.05, 3.63) is 23.8 Å². The molecule has 0 radical (unpaired) electrons. The van der Waals surface area contributed by atoms with E-state index in [1.807, 2.05) is 44.7 Å². The van der Waals surface area contributed by atoms with Gasteiger partial charge in [0.05, 0.1) is 5.75 Å². The highest BCUT2D eigenvalue weighted by Crippen LogP contribution is 2.29. The molecular formula is C22H38N2O4S. The summed E-state index contributed by atoms with van der Waals surface area (Å²) < 4.78 is 29.8. The number of rotatable bonds is 12. The average molecular weight is 427 g/mol. The van der Waals surface area contributed by atoms with Crippen LogP contribution in [-0.2, 0) is 21.5 Å². The Hall–Kier alpha value is -1.76. The Kier molecular flexibility index (Phi) is 9.96. The van der Waals surface area contributed by atoms with Crippen LogP contribution in [0.4, 0.5) is 5.69 Å². The van der Waals surface area contributed by atoms with Crippen molar-refractivity contribution < 1.29 is 17.4 Å². The van der Waals surface area contributed by atoms with Gasteiger partial charge in [-0.3, -0.25) is 4.79 Å². The molecule has 1 rings (SSSR count). The third-order valence-electron chi connectivity index (χ3n) is 5.12. The molecule has 0 aromatic heterocycles. The van der Waals surface area contributed by atoms with Gasteiger partial charge >= 0.3 is 10.1 Å². The van der Waals surface area contributed by atoms with Crippen molar-refractivity contribution in [3.63, 3.8) is 0 Å². The Morgan fingerprint density at radius 1 is 1.07 bits per heavy atom. The largest absolute Gasteiger partial charge is 0.382 e. The Labute approximate surface area is 177 Å². The number of hydrogen-bond donors (Lipinski definition) is 0. The number of hydrogen-bond acceptors (Lipinski definition) is 5. The molecule has 1 atom stereocenters.